The highest BCUT2D eigenvalue weighted by Gasteiger charge is 2.49. The molecule has 0 aliphatic heterocycles. The number of halogens is 2. The molecule has 2 unspecified atom stereocenters. The van der Waals surface area contributed by atoms with E-state index in [0.717, 1.165) is 0 Å². The van der Waals surface area contributed by atoms with E-state index in [2.05, 4.69) is 31.9 Å². The molecule has 214 valence electrons. The molecule has 0 radical (unpaired) electrons. The van der Waals surface area contributed by atoms with E-state index >= 15 is 0 Å². The summed E-state index contributed by atoms with van der Waals surface area (Å²) in [7, 11) is -5.80. The van der Waals surface area contributed by atoms with Crippen LogP contribution in [0.3, 0.4) is 0 Å². The molecule has 14 heteroatoms. The monoisotopic (exact) mass is 682 g/mol. The predicted octanol–water partition coefficient (Wildman–Crippen LogP) is 4.78. The molecule has 0 aromatic heterocycles. The van der Waals surface area contributed by atoms with Gasteiger partial charge in [-0.3, -0.25) is 9.59 Å². The lowest BCUT2D eigenvalue weighted by Gasteiger charge is -2.31. The number of esters is 1. The normalized spacial score (nSPS) is 14.9. The highest BCUT2D eigenvalue weighted by Crippen LogP contribution is 2.37. The summed E-state index contributed by atoms with van der Waals surface area (Å²) in [4.78, 5) is 23.7. The number of carbonyl (C=O) groups excluding carboxylic acids is 1. The summed E-state index contributed by atoms with van der Waals surface area (Å²) in [6, 6.07) is 0.917. The zero-order chi connectivity index (χ0) is 27.7. The fourth-order valence-corrected chi connectivity index (χ4v) is 9.86. The molecule has 0 heterocycles. The lowest BCUT2D eigenvalue weighted by molar-refractivity contribution is -0.150. The van der Waals surface area contributed by atoms with Crippen LogP contribution in [0.4, 0.5) is 0 Å². The van der Waals surface area contributed by atoms with E-state index in [0.29, 0.717) is 64.6 Å². The minimum Gasteiger partial charge on any atom is -0.480 e. The topological polar surface area (TPSA) is 119 Å². The summed E-state index contributed by atoms with van der Waals surface area (Å²) in [5.74, 6) is -1.85. The van der Waals surface area contributed by atoms with Crippen molar-refractivity contribution in [3.05, 3.63) is 0 Å². The zero-order valence-corrected chi connectivity index (χ0v) is 27.6. The number of carboxylic acids is 1. The van der Waals surface area contributed by atoms with Gasteiger partial charge in [-0.1, -0.05) is 31.9 Å². The van der Waals surface area contributed by atoms with E-state index in [4.69, 9.17) is 31.3 Å². The molecule has 0 amide bonds. The molecule has 0 spiro atoms. The van der Waals surface area contributed by atoms with Crippen LogP contribution < -0.4 is 0 Å². The van der Waals surface area contributed by atoms with Gasteiger partial charge >= 0.3 is 29.5 Å². The van der Waals surface area contributed by atoms with Crippen LogP contribution in [0.2, 0.25) is 12.1 Å². The molecule has 0 aliphatic carbocycles. The third kappa shape index (κ3) is 11.9. The lowest BCUT2D eigenvalue weighted by Crippen LogP contribution is -2.48. The van der Waals surface area contributed by atoms with Crippen LogP contribution in [0, 0.1) is 0 Å². The molecule has 0 aromatic carbocycles. The number of hydrogen-bond acceptors (Lipinski definition) is 9. The van der Waals surface area contributed by atoms with Crippen molar-refractivity contribution in [1.82, 2.24) is 0 Å². The first kappa shape index (κ1) is 36.1. The van der Waals surface area contributed by atoms with Crippen LogP contribution in [0.15, 0.2) is 0 Å². The molecular formula is C22H44Br2O10Si2. The molecule has 0 saturated carbocycles. The minimum atomic E-state index is -2.94. The van der Waals surface area contributed by atoms with Gasteiger partial charge in [0.1, 0.15) is 9.15 Å². The van der Waals surface area contributed by atoms with Crippen LogP contribution >= 0.6 is 31.9 Å². The van der Waals surface area contributed by atoms with Gasteiger partial charge in [-0.05, 0) is 60.8 Å². The molecule has 0 aromatic rings. The van der Waals surface area contributed by atoms with Crippen LogP contribution in [0.5, 0.6) is 0 Å². The number of alkyl halides is 2. The number of ether oxygens (including phenoxy) is 1. The average molecular weight is 685 g/mol. The van der Waals surface area contributed by atoms with Gasteiger partial charge in [-0.25, -0.2) is 0 Å². The summed E-state index contributed by atoms with van der Waals surface area (Å²) in [5, 5.41) is 9.64. The van der Waals surface area contributed by atoms with Gasteiger partial charge in [0.2, 0.25) is 0 Å². The second-order valence-electron chi connectivity index (χ2n) is 7.62. The van der Waals surface area contributed by atoms with Gasteiger partial charge < -0.3 is 36.4 Å². The molecule has 0 aliphatic rings. The first-order valence-corrected chi connectivity index (χ1v) is 18.2. The zero-order valence-electron chi connectivity index (χ0n) is 22.4. The van der Waals surface area contributed by atoms with Gasteiger partial charge in [0.15, 0.2) is 0 Å². The minimum absolute atomic E-state index is 0.0724. The standard InChI is InChI=1S/C22H44Br2O10Si2/c1-7-29-35(30-8-2,31-9-3)17-13-15-22(24,19(23)20(25)26)21(27)28-16-14-18-36(32-10-4,33-11-5)34-12-6/h19H,7-18H2,1-6H3,(H,25,26). The van der Waals surface area contributed by atoms with Crippen molar-refractivity contribution in [3.8, 4) is 0 Å². The fourth-order valence-electron chi connectivity index (χ4n) is 3.67. The van der Waals surface area contributed by atoms with Crippen molar-refractivity contribution in [2.45, 2.75) is 82.0 Å². The SMILES string of the molecule is CCO[Si](CCCOC(=O)C(Br)(CCC[Si](OCC)(OCC)OCC)C(Br)C(=O)O)(OCC)OCC. The van der Waals surface area contributed by atoms with E-state index in [1.807, 2.05) is 41.5 Å². The maximum Gasteiger partial charge on any atom is 0.501 e. The van der Waals surface area contributed by atoms with Gasteiger partial charge in [-0.2, -0.15) is 0 Å². The van der Waals surface area contributed by atoms with Crippen molar-refractivity contribution in [2.24, 2.45) is 0 Å². The molecule has 10 nitrogen and oxygen atoms in total. The average Bonchev–Trinajstić information content (AvgIpc) is 2.82. The smallest absolute Gasteiger partial charge is 0.480 e. The molecule has 2 atom stereocenters. The Morgan fingerprint density at radius 2 is 1.11 bits per heavy atom. The van der Waals surface area contributed by atoms with E-state index in [1.54, 1.807) is 0 Å². The quantitative estimate of drug-likeness (QED) is 0.0698. The first-order chi connectivity index (χ1) is 17.1. The van der Waals surface area contributed by atoms with Crippen molar-refractivity contribution >= 4 is 61.4 Å². The first-order valence-electron chi connectivity index (χ1n) is 12.6. The number of carboxylic acid groups (broad SMARTS) is 1. The molecule has 0 fully saturated rings. The van der Waals surface area contributed by atoms with Gasteiger partial charge in [0, 0.05) is 51.7 Å². The summed E-state index contributed by atoms with van der Waals surface area (Å²) in [5.41, 5.74) is 0. The second kappa shape index (κ2) is 19.2. The van der Waals surface area contributed by atoms with Crippen molar-refractivity contribution < 1.29 is 46.0 Å². The third-order valence-electron chi connectivity index (χ3n) is 5.03. The Hall–Kier alpha value is 0.0938. The Morgan fingerprint density at radius 3 is 1.44 bits per heavy atom. The number of aliphatic carboxylic acids is 1. The Kier molecular flexibility index (Phi) is 19.2. The van der Waals surface area contributed by atoms with E-state index < -0.39 is 38.7 Å². The maximum absolute atomic E-state index is 13.1. The Bertz CT molecular complexity index is 598. The second-order valence-corrected chi connectivity index (χ2v) is 15.4. The fraction of sp³-hybridized carbons (Fsp3) is 0.909. The number of rotatable bonds is 23. The van der Waals surface area contributed by atoms with Crippen LogP contribution in [0.1, 0.15) is 60.8 Å². The van der Waals surface area contributed by atoms with Crippen LogP contribution in [-0.4, -0.2) is 90.1 Å². The van der Waals surface area contributed by atoms with E-state index in [9.17, 15) is 14.7 Å². The van der Waals surface area contributed by atoms with Gasteiger partial charge in [0.25, 0.3) is 0 Å². The Morgan fingerprint density at radius 1 is 0.750 bits per heavy atom. The highest BCUT2D eigenvalue weighted by atomic mass is 79.9. The van der Waals surface area contributed by atoms with Crippen molar-refractivity contribution in [2.75, 3.05) is 46.2 Å². The largest absolute Gasteiger partial charge is 0.501 e. The summed E-state index contributed by atoms with van der Waals surface area (Å²) in [6.07, 6.45) is 1.05. The molecule has 1 N–H and O–H groups in total. The van der Waals surface area contributed by atoms with E-state index in [1.165, 1.54) is 0 Å². The predicted molar refractivity (Wildman–Crippen MR) is 148 cm³/mol. The van der Waals surface area contributed by atoms with Gasteiger partial charge in [-0.15, -0.1) is 0 Å². The third-order valence-corrected chi connectivity index (χ3v) is 14.3. The summed E-state index contributed by atoms with van der Waals surface area (Å²) >= 11 is 6.55. The van der Waals surface area contributed by atoms with Crippen LogP contribution in [0.25, 0.3) is 0 Å². The Balaban J connectivity index is 5.33. The van der Waals surface area contributed by atoms with Crippen molar-refractivity contribution in [3.63, 3.8) is 0 Å². The van der Waals surface area contributed by atoms with Crippen molar-refractivity contribution in [1.29, 1.82) is 0 Å². The lowest BCUT2D eigenvalue weighted by atomic mass is 9.99. The Labute approximate surface area is 235 Å². The number of carbonyl (C=O) groups is 2. The summed E-state index contributed by atoms with van der Waals surface area (Å²) in [6.45, 7) is 14.0. The van der Waals surface area contributed by atoms with Crippen LogP contribution in [-0.2, 0) is 40.9 Å². The maximum atomic E-state index is 13.1. The summed E-state index contributed by atoms with van der Waals surface area (Å²) < 4.78 is 39.1. The van der Waals surface area contributed by atoms with E-state index in [-0.39, 0.29) is 13.0 Å². The molecule has 36 heavy (non-hydrogen) atoms. The molecule has 0 rings (SSSR count). The molecular weight excluding hydrogens is 640 g/mol. The number of hydrogen-bond donors (Lipinski definition) is 1. The molecule has 0 saturated heterocycles. The molecule has 0 bridgehead atoms. The highest BCUT2D eigenvalue weighted by molar-refractivity contribution is 9.13. The van der Waals surface area contributed by atoms with Gasteiger partial charge in [0.05, 0.1) is 6.61 Å².